The van der Waals surface area contributed by atoms with Crippen LogP contribution in [0.5, 0.6) is 0 Å². The highest BCUT2D eigenvalue weighted by Crippen LogP contribution is 2.16. The Balaban J connectivity index is 1.77. The number of benzene rings is 1. The van der Waals surface area contributed by atoms with Gasteiger partial charge in [-0.1, -0.05) is 35.9 Å². The summed E-state index contributed by atoms with van der Waals surface area (Å²) in [4.78, 5) is 4.60. The molecule has 0 aliphatic rings. The fourth-order valence-electron chi connectivity index (χ4n) is 2.60. The summed E-state index contributed by atoms with van der Waals surface area (Å²) in [5, 5.41) is 3.59. The van der Waals surface area contributed by atoms with Gasteiger partial charge in [-0.25, -0.2) is 4.98 Å². The molecule has 0 saturated carbocycles. The van der Waals surface area contributed by atoms with Gasteiger partial charge in [-0.2, -0.15) is 0 Å². The van der Waals surface area contributed by atoms with E-state index in [-0.39, 0.29) is 0 Å². The number of aryl methyl sites for hydroxylation is 2. The van der Waals surface area contributed by atoms with Gasteiger partial charge in [-0.3, -0.25) is 0 Å². The van der Waals surface area contributed by atoms with Gasteiger partial charge in [-0.15, -0.1) is 0 Å². The number of fused-ring (bicyclic) bond motifs is 1. The third-order valence-electron chi connectivity index (χ3n) is 3.98. The Labute approximate surface area is 125 Å². The second kappa shape index (κ2) is 5.70. The van der Waals surface area contributed by atoms with Gasteiger partial charge in [0, 0.05) is 18.8 Å². The standard InChI is InChI=1S/C18H21N3/c1-13-7-9-16(10-8-13)14(2)19-12-17-15(3)20-18-6-4-5-11-21(17)18/h4-11,14,19H,12H2,1-3H3. The summed E-state index contributed by atoms with van der Waals surface area (Å²) in [6.07, 6.45) is 2.07. The van der Waals surface area contributed by atoms with E-state index in [0.29, 0.717) is 6.04 Å². The minimum Gasteiger partial charge on any atom is -0.305 e. The molecule has 0 radical (unpaired) electrons. The number of hydrogen-bond acceptors (Lipinski definition) is 2. The van der Waals surface area contributed by atoms with Crippen molar-refractivity contribution in [3.05, 3.63) is 71.2 Å². The number of pyridine rings is 1. The monoisotopic (exact) mass is 279 g/mol. The van der Waals surface area contributed by atoms with Gasteiger partial charge >= 0.3 is 0 Å². The lowest BCUT2D eigenvalue weighted by molar-refractivity contribution is 0.564. The maximum absolute atomic E-state index is 4.60. The Kier molecular flexibility index (Phi) is 3.76. The average Bonchev–Trinajstić information content (AvgIpc) is 2.81. The minimum atomic E-state index is 0.319. The summed E-state index contributed by atoms with van der Waals surface area (Å²) in [7, 11) is 0. The average molecular weight is 279 g/mol. The van der Waals surface area contributed by atoms with Crippen LogP contribution in [-0.4, -0.2) is 9.38 Å². The zero-order valence-electron chi connectivity index (χ0n) is 12.8. The number of rotatable bonds is 4. The molecule has 108 valence electrons. The van der Waals surface area contributed by atoms with Crippen LogP contribution in [0.25, 0.3) is 5.65 Å². The molecule has 2 aromatic heterocycles. The second-order valence-corrected chi connectivity index (χ2v) is 5.59. The summed E-state index contributed by atoms with van der Waals surface area (Å²) in [5.74, 6) is 0. The van der Waals surface area contributed by atoms with E-state index in [1.165, 1.54) is 16.8 Å². The van der Waals surface area contributed by atoms with Crippen LogP contribution in [0.3, 0.4) is 0 Å². The molecule has 0 spiro atoms. The Morgan fingerprint density at radius 1 is 1.10 bits per heavy atom. The van der Waals surface area contributed by atoms with Crippen molar-refractivity contribution in [3.8, 4) is 0 Å². The first kappa shape index (κ1) is 13.8. The summed E-state index contributed by atoms with van der Waals surface area (Å²) in [6, 6.07) is 15.1. The summed E-state index contributed by atoms with van der Waals surface area (Å²) < 4.78 is 2.16. The molecule has 1 N–H and O–H groups in total. The van der Waals surface area contributed by atoms with Gasteiger partial charge in [0.1, 0.15) is 5.65 Å². The van der Waals surface area contributed by atoms with Crippen LogP contribution in [0.4, 0.5) is 0 Å². The normalized spacial score (nSPS) is 12.7. The molecule has 3 aromatic rings. The van der Waals surface area contributed by atoms with Crippen LogP contribution in [0.2, 0.25) is 0 Å². The SMILES string of the molecule is Cc1ccc(C(C)NCc2c(C)nc3ccccn23)cc1. The highest BCUT2D eigenvalue weighted by molar-refractivity contribution is 5.42. The van der Waals surface area contributed by atoms with E-state index in [2.05, 4.69) is 65.9 Å². The van der Waals surface area contributed by atoms with Crippen molar-refractivity contribution in [1.82, 2.24) is 14.7 Å². The zero-order chi connectivity index (χ0) is 14.8. The third kappa shape index (κ3) is 2.83. The first-order valence-electron chi connectivity index (χ1n) is 7.37. The van der Waals surface area contributed by atoms with Gasteiger partial charge in [0.15, 0.2) is 0 Å². The topological polar surface area (TPSA) is 29.3 Å². The quantitative estimate of drug-likeness (QED) is 0.787. The van der Waals surface area contributed by atoms with Gasteiger partial charge < -0.3 is 9.72 Å². The van der Waals surface area contributed by atoms with E-state index in [1.54, 1.807) is 0 Å². The van der Waals surface area contributed by atoms with Crippen LogP contribution < -0.4 is 5.32 Å². The first-order chi connectivity index (χ1) is 10.1. The first-order valence-corrected chi connectivity index (χ1v) is 7.37. The lowest BCUT2D eigenvalue weighted by Gasteiger charge is -2.15. The Bertz CT molecular complexity index is 741. The molecule has 0 bridgehead atoms. The van der Waals surface area contributed by atoms with Crippen LogP contribution in [0.15, 0.2) is 48.7 Å². The van der Waals surface area contributed by atoms with Crippen molar-refractivity contribution >= 4 is 5.65 Å². The maximum atomic E-state index is 4.60. The zero-order valence-corrected chi connectivity index (χ0v) is 12.8. The van der Waals surface area contributed by atoms with E-state index in [1.807, 2.05) is 18.2 Å². The number of nitrogens with one attached hydrogen (secondary N) is 1. The molecule has 2 heterocycles. The molecular weight excluding hydrogens is 258 g/mol. The maximum Gasteiger partial charge on any atom is 0.137 e. The van der Waals surface area contributed by atoms with Gasteiger partial charge in [0.05, 0.1) is 11.4 Å². The molecule has 1 unspecified atom stereocenters. The van der Waals surface area contributed by atoms with Crippen LogP contribution in [0.1, 0.15) is 35.5 Å². The Morgan fingerprint density at radius 2 is 1.86 bits per heavy atom. The molecule has 3 nitrogen and oxygen atoms in total. The molecule has 0 saturated heterocycles. The molecule has 3 heteroatoms. The summed E-state index contributed by atoms with van der Waals surface area (Å²) in [6.45, 7) is 7.19. The van der Waals surface area contributed by atoms with E-state index < -0.39 is 0 Å². The molecule has 0 amide bonds. The summed E-state index contributed by atoms with van der Waals surface area (Å²) >= 11 is 0. The predicted molar refractivity (Wildman–Crippen MR) is 86.4 cm³/mol. The highest BCUT2D eigenvalue weighted by atomic mass is 15.0. The van der Waals surface area contributed by atoms with Crippen molar-refractivity contribution < 1.29 is 0 Å². The second-order valence-electron chi connectivity index (χ2n) is 5.59. The highest BCUT2D eigenvalue weighted by Gasteiger charge is 2.10. The fraction of sp³-hybridized carbons (Fsp3) is 0.278. The molecule has 1 atom stereocenters. The van der Waals surface area contributed by atoms with Crippen LogP contribution in [0, 0.1) is 13.8 Å². The molecule has 0 aliphatic heterocycles. The van der Waals surface area contributed by atoms with Crippen LogP contribution in [-0.2, 0) is 6.54 Å². The molecule has 3 rings (SSSR count). The van der Waals surface area contributed by atoms with E-state index in [9.17, 15) is 0 Å². The molecule has 0 fully saturated rings. The summed E-state index contributed by atoms with van der Waals surface area (Å²) in [5.41, 5.74) is 5.93. The van der Waals surface area contributed by atoms with Gasteiger partial charge in [0.25, 0.3) is 0 Å². The number of hydrogen-bond donors (Lipinski definition) is 1. The van der Waals surface area contributed by atoms with E-state index in [4.69, 9.17) is 0 Å². The minimum absolute atomic E-state index is 0.319. The molecule has 1 aromatic carbocycles. The van der Waals surface area contributed by atoms with Crippen molar-refractivity contribution in [2.75, 3.05) is 0 Å². The van der Waals surface area contributed by atoms with E-state index >= 15 is 0 Å². The molecular formula is C18H21N3. The van der Waals surface area contributed by atoms with Crippen molar-refractivity contribution in [3.63, 3.8) is 0 Å². The van der Waals surface area contributed by atoms with Crippen molar-refractivity contribution in [2.24, 2.45) is 0 Å². The smallest absolute Gasteiger partial charge is 0.137 e. The van der Waals surface area contributed by atoms with Gasteiger partial charge in [-0.05, 0) is 38.5 Å². The van der Waals surface area contributed by atoms with E-state index in [0.717, 1.165) is 17.9 Å². The van der Waals surface area contributed by atoms with Crippen LogP contribution >= 0.6 is 0 Å². The van der Waals surface area contributed by atoms with Gasteiger partial charge in [0.2, 0.25) is 0 Å². The van der Waals surface area contributed by atoms with Crippen molar-refractivity contribution in [2.45, 2.75) is 33.4 Å². The third-order valence-corrected chi connectivity index (χ3v) is 3.98. The number of imidazole rings is 1. The largest absolute Gasteiger partial charge is 0.305 e. The lowest BCUT2D eigenvalue weighted by atomic mass is 10.1. The van der Waals surface area contributed by atoms with Crippen molar-refractivity contribution in [1.29, 1.82) is 0 Å². The Morgan fingerprint density at radius 3 is 2.62 bits per heavy atom. The fourth-order valence-corrected chi connectivity index (χ4v) is 2.60. The number of nitrogens with zero attached hydrogens (tertiary/aromatic N) is 2. The predicted octanol–water partition coefficient (Wildman–Crippen LogP) is 3.80. The molecule has 0 aliphatic carbocycles. The number of aromatic nitrogens is 2. The lowest BCUT2D eigenvalue weighted by Crippen LogP contribution is -2.19. The molecule has 21 heavy (non-hydrogen) atoms. The Hall–Kier alpha value is -2.13.